The first kappa shape index (κ1) is 20.7. The van der Waals surface area contributed by atoms with Crippen molar-refractivity contribution < 1.29 is 14.0 Å². The quantitative estimate of drug-likeness (QED) is 0.505. The van der Waals surface area contributed by atoms with Gasteiger partial charge in [-0.15, -0.1) is 0 Å². The number of aryl methyl sites for hydroxylation is 1. The molecule has 9 heteroatoms. The van der Waals surface area contributed by atoms with Gasteiger partial charge in [-0.2, -0.15) is 5.10 Å². The van der Waals surface area contributed by atoms with E-state index in [-0.39, 0.29) is 24.4 Å². The van der Waals surface area contributed by atoms with E-state index in [9.17, 15) is 14.0 Å². The predicted molar refractivity (Wildman–Crippen MR) is 109 cm³/mol. The van der Waals surface area contributed by atoms with Crippen LogP contribution in [0, 0.1) is 12.7 Å². The van der Waals surface area contributed by atoms with E-state index < -0.39 is 17.8 Å². The zero-order chi connectivity index (χ0) is 20.8. The summed E-state index contributed by atoms with van der Waals surface area (Å²) in [5, 5.41) is 12.4. The standard InChI is InChI=1S/C20H19BrFN5O2/c1-12-24-19(27-26-12)18(13-5-3-2-4-6-13)25-17(28)9-10-23-20(29)15-11-14(22)7-8-16(15)21/h2-8,11,18H,9-10H2,1H3,(H,23,29)(H,25,28)(H,24,26,27). The molecular formula is C20H19BrFN5O2. The SMILES string of the molecule is Cc1nc(C(NC(=O)CCNC(=O)c2cc(F)ccc2Br)c2ccccc2)n[nH]1. The number of amides is 2. The Labute approximate surface area is 175 Å². The lowest BCUT2D eigenvalue weighted by molar-refractivity contribution is -0.121. The minimum absolute atomic E-state index is 0.0470. The molecule has 7 nitrogen and oxygen atoms in total. The number of hydrogen-bond donors (Lipinski definition) is 3. The molecule has 1 heterocycles. The molecule has 3 rings (SSSR count). The molecule has 1 atom stereocenters. The number of aromatic nitrogens is 3. The molecule has 0 spiro atoms. The summed E-state index contributed by atoms with van der Waals surface area (Å²) in [6, 6.07) is 12.7. The van der Waals surface area contributed by atoms with Crippen molar-refractivity contribution >= 4 is 27.7 Å². The van der Waals surface area contributed by atoms with E-state index in [1.807, 2.05) is 30.3 Å². The molecular weight excluding hydrogens is 441 g/mol. The molecule has 0 aliphatic heterocycles. The summed E-state index contributed by atoms with van der Waals surface area (Å²) in [6.07, 6.45) is 0.0470. The van der Waals surface area contributed by atoms with Crippen LogP contribution >= 0.6 is 15.9 Å². The van der Waals surface area contributed by atoms with E-state index in [2.05, 4.69) is 41.7 Å². The molecule has 0 bridgehead atoms. The molecule has 1 aromatic heterocycles. The second-order valence-corrected chi connectivity index (χ2v) is 7.17. The molecule has 0 aliphatic carbocycles. The van der Waals surface area contributed by atoms with Gasteiger partial charge in [0.05, 0.1) is 5.56 Å². The highest BCUT2D eigenvalue weighted by Crippen LogP contribution is 2.19. The molecule has 0 saturated heterocycles. The van der Waals surface area contributed by atoms with Crippen LogP contribution in [0.5, 0.6) is 0 Å². The van der Waals surface area contributed by atoms with Crippen molar-refractivity contribution in [1.29, 1.82) is 0 Å². The van der Waals surface area contributed by atoms with Crippen molar-refractivity contribution in [3.8, 4) is 0 Å². The molecule has 0 saturated carbocycles. The summed E-state index contributed by atoms with van der Waals surface area (Å²) in [4.78, 5) is 29.0. The zero-order valence-corrected chi connectivity index (χ0v) is 17.2. The smallest absolute Gasteiger partial charge is 0.252 e. The Bertz CT molecular complexity index is 1010. The van der Waals surface area contributed by atoms with Crippen LogP contribution in [0.3, 0.4) is 0 Å². The number of nitrogens with one attached hydrogen (secondary N) is 3. The van der Waals surface area contributed by atoms with Gasteiger partial charge in [0.1, 0.15) is 17.7 Å². The van der Waals surface area contributed by atoms with Crippen molar-refractivity contribution in [3.05, 3.63) is 81.6 Å². The van der Waals surface area contributed by atoms with Gasteiger partial charge in [0.2, 0.25) is 5.91 Å². The fourth-order valence-electron chi connectivity index (χ4n) is 2.72. The zero-order valence-electron chi connectivity index (χ0n) is 15.6. The lowest BCUT2D eigenvalue weighted by atomic mass is 10.1. The highest BCUT2D eigenvalue weighted by atomic mass is 79.9. The van der Waals surface area contributed by atoms with Gasteiger partial charge in [-0.3, -0.25) is 14.7 Å². The maximum absolute atomic E-state index is 13.3. The largest absolute Gasteiger partial charge is 0.351 e. The second-order valence-electron chi connectivity index (χ2n) is 6.32. The summed E-state index contributed by atoms with van der Waals surface area (Å²) >= 11 is 3.21. The lowest BCUT2D eigenvalue weighted by Crippen LogP contribution is -2.34. The van der Waals surface area contributed by atoms with Gasteiger partial charge in [-0.1, -0.05) is 30.3 Å². The molecule has 3 N–H and O–H groups in total. The molecule has 0 aliphatic rings. The topological polar surface area (TPSA) is 99.8 Å². The van der Waals surface area contributed by atoms with E-state index in [0.717, 1.165) is 11.6 Å². The van der Waals surface area contributed by atoms with Gasteiger partial charge in [0.25, 0.3) is 5.91 Å². The summed E-state index contributed by atoms with van der Waals surface area (Å²) in [7, 11) is 0. The van der Waals surface area contributed by atoms with Crippen LogP contribution < -0.4 is 10.6 Å². The number of carbonyl (C=O) groups is 2. The number of benzene rings is 2. The summed E-state index contributed by atoms with van der Waals surface area (Å²) < 4.78 is 13.8. The Morgan fingerprint density at radius 2 is 1.97 bits per heavy atom. The highest BCUT2D eigenvalue weighted by Gasteiger charge is 2.21. The van der Waals surface area contributed by atoms with Crippen LogP contribution in [0.2, 0.25) is 0 Å². The number of halogens is 2. The maximum Gasteiger partial charge on any atom is 0.252 e. The summed E-state index contributed by atoms with van der Waals surface area (Å²) in [5.41, 5.74) is 1.01. The monoisotopic (exact) mass is 459 g/mol. The first-order valence-electron chi connectivity index (χ1n) is 8.90. The second kappa shape index (κ2) is 9.42. The molecule has 2 aromatic carbocycles. The van der Waals surface area contributed by atoms with Crippen molar-refractivity contribution in [3.63, 3.8) is 0 Å². The Hall–Kier alpha value is -3.07. The van der Waals surface area contributed by atoms with Crippen molar-refractivity contribution in [1.82, 2.24) is 25.8 Å². The summed E-state index contributed by atoms with van der Waals surface area (Å²) in [5.74, 6) is -0.158. The molecule has 0 radical (unpaired) electrons. The molecule has 1 unspecified atom stereocenters. The van der Waals surface area contributed by atoms with Crippen LogP contribution in [0.15, 0.2) is 53.0 Å². The van der Waals surface area contributed by atoms with Gasteiger partial charge in [-0.25, -0.2) is 9.37 Å². The average molecular weight is 460 g/mol. The summed E-state index contributed by atoms with van der Waals surface area (Å²) in [6.45, 7) is 1.88. The van der Waals surface area contributed by atoms with E-state index >= 15 is 0 Å². The van der Waals surface area contributed by atoms with Crippen molar-refractivity contribution in [2.24, 2.45) is 0 Å². The maximum atomic E-state index is 13.3. The molecule has 0 fully saturated rings. The minimum Gasteiger partial charge on any atom is -0.351 e. The van der Waals surface area contributed by atoms with Crippen LogP contribution in [-0.2, 0) is 4.79 Å². The Balaban J connectivity index is 1.60. The fourth-order valence-corrected chi connectivity index (χ4v) is 3.15. The Morgan fingerprint density at radius 3 is 2.66 bits per heavy atom. The van der Waals surface area contributed by atoms with E-state index in [1.54, 1.807) is 6.92 Å². The van der Waals surface area contributed by atoms with Crippen LogP contribution in [-0.4, -0.2) is 33.5 Å². The Kier molecular flexibility index (Phi) is 6.71. The molecule has 2 amide bonds. The first-order valence-corrected chi connectivity index (χ1v) is 9.70. The van der Waals surface area contributed by atoms with E-state index in [0.29, 0.717) is 16.1 Å². The molecule has 3 aromatic rings. The van der Waals surface area contributed by atoms with Gasteiger partial charge < -0.3 is 10.6 Å². The number of nitrogens with zero attached hydrogens (tertiary/aromatic N) is 2. The third-order valence-corrected chi connectivity index (χ3v) is 4.81. The van der Waals surface area contributed by atoms with Crippen molar-refractivity contribution in [2.75, 3.05) is 6.54 Å². The fraction of sp³-hybridized carbons (Fsp3) is 0.200. The number of aromatic amines is 1. The van der Waals surface area contributed by atoms with Gasteiger partial charge in [0, 0.05) is 17.4 Å². The highest BCUT2D eigenvalue weighted by molar-refractivity contribution is 9.10. The number of H-pyrrole nitrogens is 1. The number of rotatable bonds is 7. The van der Waals surface area contributed by atoms with Crippen LogP contribution in [0.25, 0.3) is 0 Å². The first-order chi connectivity index (χ1) is 13.9. The van der Waals surface area contributed by atoms with Gasteiger partial charge >= 0.3 is 0 Å². The van der Waals surface area contributed by atoms with E-state index in [1.165, 1.54) is 12.1 Å². The van der Waals surface area contributed by atoms with Crippen molar-refractivity contribution in [2.45, 2.75) is 19.4 Å². The van der Waals surface area contributed by atoms with Gasteiger partial charge in [-0.05, 0) is 46.6 Å². The molecule has 150 valence electrons. The van der Waals surface area contributed by atoms with Crippen LogP contribution in [0.4, 0.5) is 4.39 Å². The number of carbonyl (C=O) groups excluding carboxylic acids is 2. The van der Waals surface area contributed by atoms with Crippen LogP contribution in [0.1, 0.15) is 40.0 Å². The Morgan fingerprint density at radius 1 is 1.21 bits per heavy atom. The van der Waals surface area contributed by atoms with Gasteiger partial charge in [0.15, 0.2) is 5.82 Å². The third-order valence-electron chi connectivity index (χ3n) is 4.12. The normalized spacial score (nSPS) is 11.7. The average Bonchev–Trinajstić information content (AvgIpc) is 3.14. The van der Waals surface area contributed by atoms with E-state index in [4.69, 9.17) is 0 Å². The predicted octanol–water partition coefficient (Wildman–Crippen LogP) is 3.04. The minimum atomic E-state index is -0.512. The molecule has 29 heavy (non-hydrogen) atoms. The lowest BCUT2D eigenvalue weighted by Gasteiger charge is -2.16. The number of hydrogen-bond acceptors (Lipinski definition) is 4. The third kappa shape index (κ3) is 5.47.